The summed E-state index contributed by atoms with van der Waals surface area (Å²) in [6.07, 6.45) is 3.83. The Morgan fingerprint density at radius 1 is 1.38 bits per heavy atom. The zero-order valence-corrected chi connectivity index (χ0v) is 14.9. The van der Waals surface area contributed by atoms with Crippen LogP contribution < -0.4 is 0 Å². The van der Waals surface area contributed by atoms with E-state index in [4.69, 9.17) is 9.26 Å². The van der Waals surface area contributed by atoms with Crippen LogP contribution in [0, 0.1) is 5.92 Å². The number of methoxy groups -OCH3 is 1. The quantitative estimate of drug-likeness (QED) is 0.783. The molecule has 3 heterocycles. The molecule has 1 amide bonds. The number of likely N-dealkylation sites (tertiary alicyclic amines) is 2. The molecule has 1 aromatic heterocycles. The van der Waals surface area contributed by atoms with Crippen molar-refractivity contribution in [2.45, 2.75) is 58.2 Å². The predicted molar refractivity (Wildman–Crippen MR) is 88.3 cm³/mol. The molecule has 0 radical (unpaired) electrons. The van der Waals surface area contributed by atoms with Crippen LogP contribution in [0.1, 0.15) is 44.8 Å². The minimum absolute atomic E-state index is 0.0830. The highest BCUT2D eigenvalue weighted by molar-refractivity contribution is 5.82. The molecule has 2 atom stereocenters. The van der Waals surface area contributed by atoms with Gasteiger partial charge in [-0.25, -0.2) is 0 Å². The predicted octanol–water partition coefficient (Wildman–Crippen LogP) is 1.48. The number of carbonyl (C=O) groups is 1. The van der Waals surface area contributed by atoms with Crippen LogP contribution in [0.15, 0.2) is 4.52 Å². The van der Waals surface area contributed by atoms with Crippen molar-refractivity contribution in [1.82, 2.24) is 19.9 Å². The lowest BCUT2D eigenvalue weighted by molar-refractivity contribution is -0.135. The Bertz CT molecular complexity index is 554. The third-order valence-electron chi connectivity index (χ3n) is 4.84. The minimum Gasteiger partial charge on any atom is -0.380 e. The van der Waals surface area contributed by atoms with E-state index >= 15 is 0 Å². The van der Waals surface area contributed by atoms with Gasteiger partial charge in [0.1, 0.15) is 0 Å². The number of amides is 1. The normalized spacial score (nSPS) is 25.1. The zero-order chi connectivity index (χ0) is 17.1. The van der Waals surface area contributed by atoms with Gasteiger partial charge in [0.05, 0.1) is 18.7 Å². The number of hydrogen-bond donors (Lipinski definition) is 0. The minimum atomic E-state index is -0.145. The molecule has 134 valence electrons. The van der Waals surface area contributed by atoms with Gasteiger partial charge in [-0.05, 0) is 25.2 Å². The summed E-state index contributed by atoms with van der Waals surface area (Å²) < 4.78 is 10.9. The molecule has 2 aliphatic rings. The summed E-state index contributed by atoms with van der Waals surface area (Å²) in [6.45, 7) is 7.24. The molecule has 0 N–H and O–H groups in total. The summed E-state index contributed by atoms with van der Waals surface area (Å²) in [5.74, 6) is 2.03. The fourth-order valence-corrected chi connectivity index (χ4v) is 3.59. The number of aromatic nitrogens is 2. The monoisotopic (exact) mass is 336 g/mol. The van der Waals surface area contributed by atoms with Crippen LogP contribution in [-0.2, 0) is 22.5 Å². The largest absolute Gasteiger partial charge is 0.380 e. The molecule has 2 fully saturated rings. The van der Waals surface area contributed by atoms with Gasteiger partial charge in [0, 0.05) is 33.2 Å². The van der Waals surface area contributed by atoms with Gasteiger partial charge >= 0.3 is 0 Å². The molecule has 0 unspecified atom stereocenters. The van der Waals surface area contributed by atoms with Crippen LogP contribution in [0.25, 0.3) is 0 Å². The van der Waals surface area contributed by atoms with E-state index in [1.54, 1.807) is 7.11 Å². The first-order valence-electron chi connectivity index (χ1n) is 8.94. The smallest absolute Gasteiger partial charge is 0.240 e. The van der Waals surface area contributed by atoms with Crippen molar-refractivity contribution in [2.24, 2.45) is 5.92 Å². The van der Waals surface area contributed by atoms with Crippen LogP contribution in [0.2, 0.25) is 0 Å². The SMILES string of the molecule is CO[C@H]1C[C@@H](C(=O)N2CCCC2)N(Cc2nc(CC(C)C)no2)C1. The first kappa shape index (κ1) is 17.4. The van der Waals surface area contributed by atoms with Gasteiger partial charge in [0.15, 0.2) is 5.82 Å². The molecule has 3 rings (SSSR count). The highest BCUT2D eigenvalue weighted by atomic mass is 16.5. The molecule has 0 saturated carbocycles. The second kappa shape index (κ2) is 7.61. The Hall–Kier alpha value is -1.47. The number of ether oxygens (including phenoxy) is 1. The van der Waals surface area contributed by atoms with Gasteiger partial charge in [0.25, 0.3) is 0 Å². The van der Waals surface area contributed by atoms with Crippen LogP contribution in [0.3, 0.4) is 0 Å². The third kappa shape index (κ3) is 3.95. The van der Waals surface area contributed by atoms with Crippen molar-refractivity contribution < 1.29 is 14.1 Å². The molecular weight excluding hydrogens is 308 g/mol. The average molecular weight is 336 g/mol. The Kier molecular flexibility index (Phi) is 5.50. The summed E-state index contributed by atoms with van der Waals surface area (Å²) in [5.41, 5.74) is 0. The van der Waals surface area contributed by atoms with Crippen LogP contribution in [-0.4, -0.2) is 64.7 Å². The van der Waals surface area contributed by atoms with Gasteiger partial charge in [-0.3, -0.25) is 9.69 Å². The van der Waals surface area contributed by atoms with E-state index in [0.717, 1.165) is 51.1 Å². The fourth-order valence-electron chi connectivity index (χ4n) is 3.59. The second-order valence-electron chi connectivity index (χ2n) is 7.27. The Labute approximate surface area is 143 Å². The first-order valence-corrected chi connectivity index (χ1v) is 8.94. The molecule has 2 aliphatic heterocycles. The van der Waals surface area contributed by atoms with E-state index in [2.05, 4.69) is 28.9 Å². The van der Waals surface area contributed by atoms with Gasteiger partial charge in [0.2, 0.25) is 11.8 Å². The maximum absolute atomic E-state index is 12.8. The van der Waals surface area contributed by atoms with Crippen molar-refractivity contribution in [3.05, 3.63) is 11.7 Å². The molecule has 0 aliphatic carbocycles. The molecule has 1 aromatic rings. The highest BCUT2D eigenvalue weighted by Gasteiger charge is 2.40. The molecule has 7 nitrogen and oxygen atoms in total. The van der Waals surface area contributed by atoms with Crippen molar-refractivity contribution in [1.29, 1.82) is 0 Å². The number of nitrogens with zero attached hydrogens (tertiary/aromatic N) is 4. The molecule has 2 saturated heterocycles. The lowest BCUT2D eigenvalue weighted by atomic mass is 10.1. The van der Waals surface area contributed by atoms with Crippen molar-refractivity contribution in [2.75, 3.05) is 26.7 Å². The Balaban J connectivity index is 1.66. The molecule has 0 aromatic carbocycles. The molecule has 24 heavy (non-hydrogen) atoms. The second-order valence-corrected chi connectivity index (χ2v) is 7.27. The van der Waals surface area contributed by atoms with E-state index in [1.165, 1.54) is 0 Å². The van der Waals surface area contributed by atoms with Gasteiger partial charge in [-0.15, -0.1) is 0 Å². The lowest BCUT2D eigenvalue weighted by Gasteiger charge is -2.26. The lowest BCUT2D eigenvalue weighted by Crippen LogP contribution is -2.44. The summed E-state index contributed by atoms with van der Waals surface area (Å²) in [4.78, 5) is 21.4. The van der Waals surface area contributed by atoms with Gasteiger partial charge in [-0.1, -0.05) is 19.0 Å². The Morgan fingerprint density at radius 3 is 2.79 bits per heavy atom. The zero-order valence-electron chi connectivity index (χ0n) is 14.9. The highest BCUT2D eigenvalue weighted by Crippen LogP contribution is 2.25. The molecule has 0 bridgehead atoms. The van der Waals surface area contributed by atoms with Crippen LogP contribution in [0.4, 0.5) is 0 Å². The van der Waals surface area contributed by atoms with Gasteiger partial charge < -0.3 is 14.2 Å². The summed E-state index contributed by atoms with van der Waals surface area (Å²) in [7, 11) is 1.71. The van der Waals surface area contributed by atoms with E-state index < -0.39 is 0 Å². The van der Waals surface area contributed by atoms with Crippen molar-refractivity contribution >= 4 is 5.91 Å². The Morgan fingerprint density at radius 2 is 2.12 bits per heavy atom. The molecule has 7 heteroatoms. The molecule has 0 spiro atoms. The summed E-state index contributed by atoms with van der Waals surface area (Å²) >= 11 is 0. The van der Waals surface area contributed by atoms with E-state index in [1.807, 2.05) is 4.90 Å². The third-order valence-corrected chi connectivity index (χ3v) is 4.84. The molecular formula is C17H28N4O3. The van der Waals surface area contributed by atoms with Crippen molar-refractivity contribution in [3.8, 4) is 0 Å². The maximum atomic E-state index is 12.8. The fraction of sp³-hybridized carbons (Fsp3) is 0.824. The summed E-state index contributed by atoms with van der Waals surface area (Å²) in [5, 5.41) is 4.05. The van der Waals surface area contributed by atoms with Crippen LogP contribution in [0.5, 0.6) is 0 Å². The van der Waals surface area contributed by atoms with E-state index in [9.17, 15) is 4.79 Å². The number of carbonyl (C=O) groups excluding carboxylic acids is 1. The van der Waals surface area contributed by atoms with Gasteiger partial charge in [-0.2, -0.15) is 4.98 Å². The van der Waals surface area contributed by atoms with Crippen LogP contribution >= 0.6 is 0 Å². The van der Waals surface area contributed by atoms with Crippen molar-refractivity contribution in [3.63, 3.8) is 0 Å². The first-order chi connectivity index (χ1) is 11.6. The number of rotatable bonds is 6. The standard InChI is InChI=1S/C17H28N4O3/c1-12(2)8-15-18-16(24-19-15)11-21-10-13(23-3)9-14(21)17(22)20-6-4-5-7-20/h12-14H,4-11H2,1-3H3/t13-,14-/m0/s1. The summed E-state index contributed by atoms with van der Waals surface area (Å²) in [6, 6.07) is -0.145. The average Bonchev–Trinajstić information content (AvgIpc) is 3.27. The maximum Gasteiger partial charge on any atom is 0.240 e. The topological polar surface area (TPSA) is 71.7 Å². The number of hydrogen-bond acceptors (Lipinski definition) is 6. The van der Waals surface area contributed by atoms with E-state index in [0.29, 0.717) is 18.4 Å². The van der Waals surface area contributed by atoms with E-state index in [-0.39, 0.29) is 18.1 Å².